The summed E-state index contributed by atoms with van der Waals surface area (Å²) in [6, 6.07) is 14.3. The molecule has 1 aliphatic heterocycles. The molecule has 1 amide bonds. The molecule has 0 fully saturated rings. The first-order chi connectivity index (χ1) is 11.5. The number of thioether (sulfide) groups is 1. The van der Waals surface area contributed by atoms with Crippen LogP contribution in [0.3, 0.4) is 0 Å². The van der Waals surface area contributed by atoms with Crippen LogP contribution in [0.25, 0.3) is 0 Å². The molecule has 126 valence electrons. The summed E-state index contributed by atoms with van der Waals surface area (Å²) >= 11 is 1.55. The Labute approximate surface area is 146 Å². The van der Waals surface area contributed by atoms with E-state index < -0.39 is 10.0 Å². The summed E-state index contributed by atoms with van der Waals surface area (Å²) < 4.78 is 26.9. The van der Waals surface area contributed by atoms with E-state index in [0.717, 1.165) is 10.5 Å². The molecule has 2 aromatic carbocycles. The molecule has 2 aromatic rings. The van der Waals surface area contributed by atoms with E-state index >= 15 is 0 Å². The smallest absolute Gasteiger partial charge is 0.243 e. The molecule has 0 spiro atoms. The average molecular weight is 362 g/mol. The van der Waals surface area contributed by atoms with Crippen LogP contribution in [0.15, 0.2) is 58.3 Å². The summed E-state index contributed by atoms with van der Waals surface area (Å²) in [6.07, 6.45) is 0.426. The minimum atomic E-state index is -3.63. The standard InChI is InChI=1S/C17H18N2O3S2/c1-19(12-13-5-3-2-4-6-13)24(21,22)14-7-8-16-15(11-14)18-17(20)9-10-23-16/h2-8,11H,9-10,12H2,1H3,(H,18,20). The Kier molecular flexibility index (Phi) is 4.93. The Morgan fingerprint density at radius 2 is 1.92 bits per heavy atom. The van der Waals surface area contributed by atoms with E-state index in [1.54, 1.807) is 37.0 Å². The summed E-state index contributed by atoms with van der Waals surface area (Å²) in [5, 5.41) is 2.78. The van der Waals surface area contributed by atoms with Gasteiger partial charge in [-0.25, -0.2) is 8.42 Å². The fraction of sp³-hybridized carbons (Fsp3) is 0.235. The molecule has 0 bridgehead atoms. The highest BCUT2D eigenvalue weighted by Crippen LogP contribution is 2.33. The molecule has 24 heavy (non-hydrogen) atoms. The molecule has 0 aliphatic carbocycles. The van der Waals surface area contributed by atoms with E-state index in [1.165, 1.54) is 4.31 Å². The third-order valence-electron chi connectivity index (χ3n) is 3.77. The Hall–Kier alpha value is -1.83. The van der Waals surface area contributed by atoms with Gasteiger partial charge in [-0.2, -0.15) is 4.31 Å². The maximum atomic E-state index is 12.8. The van der Waals surface area contributed by atoms with Crippen LogP contribution in [0.5, 0.6) is 0 Å². The van der Waals surface area contributed by atoms with Gasteiger partial charge in [0.1, 0.15) is 0 Å². The molecule has 3 rings (SSSR count). The van der Waals surface area contributed by atoms with Gasteiger partial charge in [0.05, 0.1) is 10.6 Å². The quantitative estimate of drug-likeness (QED) is 0.908. The van der Waals surface area contributed by atoms with Crippen molar-refractivity contribution in [1.29, 1.82) is 0 Å². The zero-order valence-electron chi connectivity index (χ0n) is 13.2. The van der Waals surface area contributed by atoms with Crippen molar-refractivity contribution in [3.63, 3.8) is 0 Å². The van der Waals surface area contributed by atoms with Gasteiger partial charge < -0.3 is 5.32 Å². The van der Waals surface area contributed by atoms with Crippen LogP contribution in [0.4, 0.5) is 5.69 Å². The van der Waals surface area contributed by atoms with Crippen LogP contribution in [0.1, 0.15) is 12.0 Å². The molecule has 1 heterocycles. The second-order valence-electron chi connectivity index (χ2n) is 5.55. The van der Waals surface area contributed by atoms with Gasteiger partial charge in [0.25, 0.3) is 0 Å². The van der Waals surface area contributed by atoms with Gasteiger partial charge in [0.15, 0.2) is 0 Å². The first kappa shape index (κ1) is 17.0. The van der Waals surface area contributed by atoms with Crippen LogP contribution in [-0.4, -0.2) is 31.4 Å². The molecular weight excluding hydrogens is 344 g/mol. The number of nitrogens with zero attached hydrogens (tertiary/aromatic N) is 1. The van der Waals surface area contributed by atoms with Crippen molar-refractivity contribution in [1.82, 2.24) is 4.31 Å². The van der Waals surface area contributed by atoms with E-state index in [4.69, 9.17) is 0 Å². The zero-order chi connectivity index (χ0) is 17.2. The van der Waals surface area contributed by atoms with E-state index in [2.05, 4.69) is 5.32 Å². The van der Waals surface area contributed by atoms with E-state index in [1.807, 2.05) is 30.3 Å². The number of carbonyl (C=O) groups is 1. The monoisotopic (exact) mass is 362 g/mol. The Morgan fingerprint density at radius 1 is 1.17 bits per heavy atom. The summed E-state index contributed by atoms with van der Waals surface area (Å²) in [6.45, 7) is 0.293. The summed E-state index contributed by atoms with van der Waals surface area (Å²) in [4.78, 5) is 12.8. The lowest BCUT2D eigenvalue weighted by atomic mass is 10.2. The number of sulfonamides is 1. The molecule has 0 saturated carbocycles. The lowest BCUT2D eigenvalue weighted by Gasteiger charge is -2.18. The number of nitrogens with one attached hydrogen (secondary N) is 1. The molecule has 1 aliphatic rings. The Morgan fingerprint density at radius 3 is 2.67 bits per heavy atom. The van der Waals surface area contributed by atoms with Crippen molar-refractivity contribution in [3.05, 3.63) is 54.1 Å². The van der Waals surface area contributed by atoms with E-state index in [9.17, 15) is 13.2 Å². The molecule has 0 aromatic heterocycles. The number of rotatable bonds is 4. The molecule has 7 heteroatoms. The number of benzene rings is 2. The largest absolute Gasteiger partial charge is 0.325 e. The first-order valence-corrected chi connectivity index (χ1v) is 9.96. The average Bonchev–Trinajstić information content (AvgIpc) is 2.75. The van der Waals surface area contributed by atoms with Gasteiger partial charge in [-0.3, -0.25) is 4.79 Å². The van der Waals surface area contributed by atoms with Crippen LogP contribution >= 0.6 is 11.8 Å². The van der Waals surface area contributed by atoms with Crippen molar-refractivity contribution < 1.29 is 13.2 Å². The number of hydrogen-bond acceptors (Lipinski definition) is 4. The van der Waals surface area contributed by atoms with Gasteiger partial charge in [-0.15, -0.1) is 11.8 Å². The molecule has 0 radical (unpaired) electrons. The molecule has 0 atom stereocenters. The molecule has 1 N–H and O–H groups in total. The van der Waals surface area contributed by atoms with Crippen LogP contribution in [0.2, 0.25) is 0 Å². The second kappa shape index (κ2) is 6.96. The Bertz CT molecular complexity index is 851. The third kappa shape index (κ3) is 3.63. The number of fused-ring (bicyclic) bond motifs is 1. The lowest BCUT2D eigenvalue weighted by molar-refractivity contribution is -0.115. The minimum absolute atomic E-state index is 0.0894. The lowest BCUT2D eigenvalue weighted by Crippen LogP contribution is -2.26. The summed E-state index contributed by atoms with van der Waals surface area (Å²) in [5.74, 6) is 0.604. The maximum Gasteiger partial charge on any atom is 0.243 e. The first-order valence-electron chi connectivity index (χ1n) is 7.54. The van der Waals surface area contributed by atoms with Crippen LogP contribution in [-0.2, 0) is 21.4 Å². The number of carbonyl (C=O) groups excluding carboxylic acids is 1. The molecular formula is C17H18N2O3S2. The van der Waals surface area contributed by atoms with Crippen molar-refractivity contribution in [3.8, 4) is 0 Å². The van der Waals surface area contributed by atoms with Gasteiger partial charge >= 0.3 is 0 Å². The second-order valence-corrected chi connectivity index (χ2v) is 8.73. The predicted octanol–water partition coefficient (Wildman–Crippen LogP) is 2.94. The molecule has 0 unspecified atom stereocenters. The normalized spacial score (nSPS) is 14.8. The highest BCUT2D eigenvalue weighted by atomic mass is 32.2. The van der Waals surface area contributed by atoms with Crippen molar-refractivity contribution in [2.24, 2.45) is 0 Å². The third-order valence-corrected chi connectivity index (χ3v) is 6.64. The van der Waals surface area contributed by atoms with Gasteiger partial charge in [0.2, 0.25) is 15.9 Å². The van der Waals surface area contributed by atoms with Crippen molar-refractivity contribution >= 4 is 33.4 Å². The number of amides is 1. The fourth-order valence-corrected chi connectivity index (χ4v) is 4.59. The topological polar surface area (TPSA) is 66.5 Å². The van der Waals surface area contributed by atoms with Crippen molar-refractivity contribution in [2.45, 2.75) is 22.8 Å². The predicted molar refractivity (Wildman–Crippen MR) is 95.5 cm³/mol. The van der Waals surface area contributed by atoms with Gasteiger partial charge in [-0.05, 0) is 23.8 Å². The molecule has 5 nitrogen and oxygen atoms in total. The highest BCUT2D eigenvalue weighted by molar-refractivity contribution is 7.99. The summed E-state index contributed by atoms with van der Waals surface area (Å²) in [5.41, 5.74) is 1.49. The number of hydrogen-bond donors (Lipinski definition) is 1. The molecule has 0 saturated heterocycles. The number of anilines is 1. The zero-order valence-corrected chi connectivity index (χ0v) is 14.9. The van der Waals surface area contributed by atoms with Gasteiger partial charge in [-0.1, -0.05) is 30.3 Å². The van der Waals surface area contributed by atoms with Crippen molar-refractivity contribution in [2.75, 3.05) is 18.1 Å². The minimum Gasteiger partial charge on any atom is -0.325 e. The van der Waals surface area contributed by atoms with Gasteiger partial charge in [0, 0.05) is 30.7 Å². The highest BCUT2D eigenvalue weighted by Gasteiger charge is 2.23. The van der Waals surface area contributed by atoms with E-state index in [0.29, 0.717) is 24.4 Å². The van der Waals surface area contributed by atoms with Crippen LogP contribution in [0, 0.1) is 0 Å². The summed E-state index contributed by atoms with van der Waals surface area (Å²) in [7, 11) is -2.07. The van der Waals surface area contributed by atoms with Crippen LogP contribution < -0.4 is 5.32 Å². The Balaban J connectivity index is 1.88. The maximum absolute atomic E-state index is 12.8. The SMILES string of the molecule is CN(Cc1ccccc1)S(=O)(=O)c1ccc2c(c1)NC(=O)CCS2. The van der Waals surface area contributed by atoms with E-state index in [-0.39, 0.29) is 10.8 Å². The fourth-order valence-electron chi connectivity index (χ4n) is 2.46.